The molecule has 0 atom stereocenters. The van der Waals surface area contributed by atoms with Gasteiger partial charge in [-0.2, -0.15) is 0 Å². The van der Waals surface area contributed by atoms with E-state index in [9.17, 15) is 19.2 Å². The van der Waals surface area contributed by atoms with Crippen molar-refractivity contribution in [3.8, 4) is 0 Å². The smallest absolute Gasteiger partial charge is 0.148 e. The van der Waals surface area contributed by atoms with Gasteiger partial charge in [0.25, 0.3) is 0 Å². The number of Topliss-reactive ketones (excluding diaryl/α,β-unsaturated/α-hetero) is 4. The van der Waals surface area contributed by atoms with Crippen molar-refractivity contribution < 1.29 is 19.2 Å². The van der Waals surface area contributed by atoms with E-state index < -0.39 is 27.6 Å². The molecule has 0 aliphatic carbocycles. The number of carbonyl (C=O) groups is 4. The summed E-state index contributed by atoms with van der Waals surface area (Å²) in [7, 11) is 0. The maximum absolute atomic E-state index is 12.9. The summed E-state index contributed by atoms with van der Waals surface area (Å²) in [6, 6.07) is 0. The zero-order valence-electron chi connectivity index (χ0n) is 18.6. The van der Waals surface area contributed by atoms with Crippen molar-refractivity contribution in [2.45, 2.75) is 89.0 Å². The zero-order valence-corrected chi connectivity index (χ0v) is 18.6. The first kappa shape index (κ1) is 24.7. The summed E-state index contributed by atoms with van der Waals surface area (Å²) in [5.74, 6) is -1.50. The van der Waals surface area contributed by atoms with E-state index in [1.54, 1.807) is 76.2 Å². The fraction of sp³-hybridized carbons (Fsp3) is 0.818. The summed E-state index contributed by atoms with van der Waals surface area (Å²) >= 11 is 0. The predicted octanol–water partition coefficient (Wildman–Crippen LogP) is 4.82. The van der Waals surface area contributed by atoms with Crippen LogP contribution in [0, 0.1) is 27.6 Å². The number of carbonyl (C=O) groups excluding carboxylic acids is 4. The maximum Gasteiger partial charge on any atom is 0.148 e. The van der Waals surface area contributed by atoms with Gasteiger partial charge in [0.05, 0.1) is 12.3 Å². The molecule has 0 heterocycles. The third kappa shape index (κ3) is 6.77. The molecule has 0 spiro atoms. The Hall–Kier alpha value is -1.32. The first-order chi connectivity index (χ1) is 11.2. The van der Waals surface area contributed by atoms with Crippen LogP contribution in [0.1, 0.15) is 89.0 Å². The SMILES string of the molecule is CC(C)(C)C(=O)CC(=O)C(C)(C)CC(C(=O)C(C)(C)C)C(=O)C(C)(C)C. The first-order valence-electron chi connectivity index (χ1n) is 9.36. The van der Waals surface area contributed by atoms with Crippen molar-refractivity contribution in [3.05, 3.63) is 0 Å². The Morgan fingerprint density at radius 3 is 1.19 bits per heavy atom. The van der Waals surface area contributed by atoms with Crippen LogP contribution in [0.15, 0.2) is 0 Å². The molecule has 0 radical (unpaired) electrons. The molecule has 0 aromatic rings. The Kier molecular flexibility index (Phi) is 7.34. The van der Waals surface area contributed by atoms with E-state index >= 15 is 0 Å². The van der Waals surface area contributed by atoms with Gasteiger partial charge >= 0.3 is 0 Å². The second-order valence-corrected chi connectivity index (χ2v) is 11.1. The Bertz CT molecular complexity index is 549. The quantitative estimate of drug-likeness (QED) is 0.606. The lowest BCUT2D eigenvalue weighted by Gasteiger charge is -2.34. The molecule has 0 N–H and O–H groups in total. The Labute approximate surface area is 159 Å². The molecule has 26 heavy (non-hydrogen) atoms. The molecule has 0 aliphatic rings. The van der Waals surface area contributed by atoms with Crippen LogP contribution in [0.4, 0.5) is 0 Å². The lowest BCUT2D eigenvalue weighted by atomic mass is 9.67. The molecule has 150 valence electrons. The summed E-state index contributed by atoms with van der Waals surface area (Å²) in [5.41, 5.74) is -2.86. The highest BCUT2D eigenvalue weighted by Crippen LogP contribution is 2.37. The minimum Gasteiger partial charge on any atom is -0.299 e. The van der Waals surface area contributed by atoms with E-state index in [1.807, 2.05) is 0 Å². The topological polar surface area (TPSA) is 68.3 Å². The van der Waals surface area contributed by atoms with Gasteiger partial charge in [0.1, 0.15) is 23.1 Å². The first-order valence-corrected chi connectivity index (χ1v) is 9.36. The minimum absolute atomic E-state index is 0.128. The number of hydrogen-bond acceptors (Lipinski definition) is 4. The highest BCUT2D eigenvalue weighted by molar-refractivity contribution is 6.08. The van der Waals surface area contributed by atoms with Crippen molar-refractivity contribution in [3.63, 3.8) is 0 Å². The second-order valence-electron chi connectivity index (χ2n) is 11.1. The summed E-state index contributed by atoms with van der Waals surface area (Å²) in [5, 5.41) is 0. The highest BCUT2D eigenvalue weighted by Gasteiger charge is 2.44. The van der Waals surface area contributed by atoms with Gasteiger partial charge in [-0.3, -0.25) is 19.2 Å². The number of hydrogen-bond donors (Lipinski definition) is 0. The van der Waals surface area contributed by atoms with Crippen LogP contribution in [0.2, 0.25) is 0 Å². The Morgan fingerprint density at radius 1 is 0.577 bits per heavy atom. The monoisotopic (exact) mass is 366 g/mol. The molecule has 0 fully saturated rings. The van der Waals surface area contributed by atoms with Crippen molar-refractivity contribution in [1.82, 2.24) is 0 Å². The van der Waals surface area contributed by atoms with Crippen LogP contribution >= 0.6 is 0 Å². The van der Waals surface area contributed by atoms with Crippen LogP contribution < -0.4 is 0 Å². The molecule has 0 aliphatic heterocycles. The minimum atomic E-state index is -0.923. The number of ketones is 4. The normalized spacial score (nSPS) is 13.7. The standard InChI is InChI=1S/C22H38O4/c1-19(2,3)15(23)12-16(24)22(10,11)13-14(17(25)20(4,5)6)18(26)21(7,8)9/h14H,12-13H2,1-11H3. The third-order valence-corrected chi connectivity index (χ3v) is 4.74. The molecule has 0 rings (SSSR count). The van der Waals surface area contributed by atoms with Gasteiger partial charge in [0, 0.05) is 21.7 Å². The Balaban J connectivity index is 5.68. The summed E-state index contributed by atoms with van der Waals surface area (Å²) in [4.78, 5) is 50.9. The summed E-state index contributed by atoms with van der Waals surface area (Å²) in [6.07, 6.45) is -0.0356. The van der Waals surface area contributed by atoms with Crippen LogP contribution in [0.3, 0.4) is 0 Å². The van der Waals surface area contributed by atoms with Gasteiger partial charge in [-0.05, 0) is 6.42 Å². The molecule has 0 aromatic heterocycles. The molecular formula is C22H38O4. The fourth-order valence-corrected chi connectivity index (χ4v) is 2.62. The lowest BCUT2D eigenvalue weighted by molar-refractivity contribution is -0.144. The van der Waals surface area contributed by atoms with Crippen molar-refractivity contribution in [2.24, 2.45) is 27.6 Å². The molecule has 4 heteroatoms. The molecule has 0 aromatic carbocycles. The Morgan fingerprint density at radius 2 is 0.923 bits per heavy atom. The average Bonchev–Trinajstić information content (AvgIpc) is 2.40. The maximum atomic E-state index is 12.9. The van der Waals surface area contributed by atoms with Crippen LogP contribution in [0.5, 0.6) is 0 Å². The molecule has 4 nitrogen and oxygen atoms in total. The van der Waals surface area contributed by atoms with Gasteiger partial charge < -0.3 is 0 Å². The van der Waals surface area contributed by atoms with Crippen LogP contribution in [0.25, 0.3) is 0 Å². The second kappa shape index (κ2) is 7.74. The molecular weight excluding hydrogens is 328 g/mol. The van der Waals surface area contributed by atoms with Gasteiger partial charge in [-0.25, -0.2) is 0 Å². The average molecular weight is 367 g/mol. The largest absolute Gasteiger partial charge is 0.299 e. The van der Waals surface area contributed by atoms with Crippen LogP contribution in [-0.2, 0) is 19.2 Å². The van der Waals surface area contributed by atoms with Crippen molar-refractivity contribution >= 4 is 23.1 Å². The van der Waals surface area contributed by atoms with Gasteiger partial charge in [-0.1, -0.05) is 76.2 Å². The summed E-state index contributed by atoms with van der Waals surface area (Å²) < 4.78 is 0. The van der Waals surface area contributed by atoms with Crippen molar-refractivity contribution in [1.29, 1.82) is 0 Å². The molecule has 0 amide bonds. The molecule has 0 saturated carbocycles. The number of rotatable bonds is 7. The highest BCUT2D eigenvalue weighted by atomic mass is 16.2. The van der Waals surface area contributed by atoms with E-state index in [-0.39, 0.29) is 36.0 Å². The van der Waals surface area contributed by atoms with Gasteiger partial charge in [0.2, 0.25) is 0 Å². The van der Waals surface area contributed by atoms with Crippen molar-refractivity contribution in [2.75, 3.05) is 0 Å². The molecule has 0 bridgehead atoms. The van der Waals surface area contributed by atoms with E-state index in [0.29, 0.717) is 0 Å². The summed E-state index contributed by atoms with van der Waals surface area (Å²) in [6.45, 7) is 19.5. The van der Waals surface area contributed by atoms with E-state index in [0.717, 1.165) is 0 Å². The van der Waals surface area contributed by atoms with Gasteiger partial charge in [-0.15, -0.1) is 0 Å². The van der Waals surface area contributed by atoms with E-state index in [1.165, 1.54) is 0 Å². The predicted molar refractivity (Wildman–Crippen MR) is 105 cm³/mol. The fourth-order valence-electron chi connectivity index (χ4n) is 2.62. The van der Waals surface area contributed by atoms with Crippen LogP contribution in [-0.4, -0.2) is 23.1 Å². The third-order valence-electron chi connectivity index (χ3n) is 4.74. The zero-order chi connectivity index (χ0) is 21.3. The van der Waals surface area contributed by atoms with E-state index in [2.05, 4.69) is 0 Å². The van der Waals surface area contributed by atoms with Gasteiger partial charge in [0.15, 0.2) is 0 Å². The molecule has 0 unspecified atom stereocenters. The van der Waals surface area contributed by atoms with E-state index in [4.69, 9.17) is 0 Å². The molecule has 0 saturated heterocycles. The lowest BCUT2D eigenvalue weighted by Crippen LogP contribution is -2.43.